The van der Waals surface area contributed by atoms with E-state index in [2.05, 4.69) is 19.9 Å². The average Bonchev–Trinajstić information content (AvgIpc) is 2.45. The van der Waals surface area contributed by atoms with Gasteiger partial charge >= 0.3 is 5.63 Å². The molecule has 2 rings (SSSR count). The van der Waals surface area contributed by atoms with E-state index in [1.165, 1.54) is 23.4 Å². The molecule has 0 bridgehead atoms. The van der Waals surface area contributed by atoms with Crippen LogP contribution >= 0.6 is 11.8 Å². The molecule has 1 heterocycles. The third-order valence-corrected chi connectivity index (χ3v) is 4.75. The van der Waals surface area contributed by atoms with Crippen molar-refractivity contribution in [2.24, 2.45) is 0 Å². The van der Waals surface area contributed by atoms with Gasteiger partial charge in [-0.05, 0) is 41.7 Å². The molecule has 0 unspecified atom stereocenters. The minimum atomic E-state index is -0.732. The van der Waals surface area contributed by atoms with E-state index in [4.69, 9.17) is 9.52 Å². The number of hydrogen-bond acceptors (Lipinski definition) is 5. The van der Waals surface area contributed by atoms with Gasteiger partial charge in [-0.2, -0.15) is 11.8 Å². The molecule has 0 aliphatic rings. The van der Waals surface area contributed by atoms with Gasteiger partial charge in [-0.15, -0.1) is 0 Å². The van der Waals surface area contributed by atoms with Crippen LogP contribution in [0, 0.1) is 6.92 Å². The molecule has 1 aromatic heterocycles. The maximum atomic E-state index is 11.7. The highest BCUT2D eigenvalue weighted by Gasteiger charge is 2.12. The molecular weight excluding hydrogens is 300 g/mol. The number of rotatable bonds is 6. The van der Waals surface area contributed by atoms with Crippen molar-refractivity contribution in [1.82, 2.24) is 0 Å². The van der Waals surface area contributed by atoms with Gasteiger partial charge in [-0.3, -0.25) is 0 Å². The van der Waals surface area contributed by atoms with Gasteiger partial charge in [0.15, 0.2) is 0 Å². The fraction of sp³-hybridized carbons (Fsp3) is 0.471. The van der Waals surface area contributed by atoms with Crippen molar-refractivity contribution in [2.75, 3.05) is 12.4 Å². The number of thioether (sulfide) groups is 1. The molecule has 120 valence electrons. The molecule has 0 saturated heterocycles. The summed E-state index contributed by atoms with van der Waals surface area (Å²) in [6.45, 7) is 6.05. The standard InChI is InChI=1S/C17H22O4S/c1-10(2)14-6-15-12(8-22-9-13(19)7-18)5-17(20)21-16(15)4-11(14)3/h4-6,10,13,18-19H,7-9H2,1-3H3/t13-/m0/s1. The summed E-state index contributed by atoms with van der Waals surface area (Å²) < 4.78 is 5.31. The zero-order valence-electron chi connectivity index (χ0n) is 13.1. The second kappa shape index (κ2) is 7.31. The highest BCUT2D eigenvalue weighted by molar-refractivity contribution is 7.98. The Kier molecular flexibility index (Phi) is 5.67. The summed E-state index contributed by atoms with van der Waals surface area (Å²) in [6.07, 6.45) is -0.732. The Bertz CT molecular complexity index is 706. The second-order valence-corrected chi connectivity index (χ2v) is 6.83. The Labute approximate surface area is 134 Å². The lowest BCUT2D eigenvalue weighted by atomic mass is 9.95. The van der Waals surface area contributed by atoms with Gasteiger partial charge in [-0.25, -0.2) is 4.79 Å². The van der Waals surface area contributed by atoms with Crippen LogP contribution < -0.4 is 5.63 Å². The average molecular weight is 322 g/mol. The van der Waals surface area contributed by atoms with Crippen molar-refractivity contribution >= 4 is 22.7 Å². The van der Waals surface area contributed by atoms with Crippen LogP contribution in [-0.4, -0.2) is 28.7 Å². The zero-order valence-corrected chi connectivity index (χ0v) is 13.9. The van der Waals surface area contributed by atoms with Crippen molar-refractivity contribution in [3.63, 3.8) is 0 Å². The molecule has 1 aromatic carbocycles. The van der Waals surface area contributed by atoms with E-state index in [9.17, 15) is 9.90 Å². The van der Waals surface area contributed by atoms with E-state index < -0.39 is 6.10 Å². The summed E-state index contributed by atoms with van der Waals surface area (Å²) in [7, 11) is 0. The predicted octanol–water partition coefficient (Wildman–Crippen LogP) is 2.81. The van der Waals surface area contributed by atoms with Crippen LogP contribution in [0.4, 0.5) is 0 Å². The van der Waals surface area contributed by atoms with Gasteiger partial charge in [0.1, 0.15) is 5.58 Å². The number of aliphatic hydroxyl groups is 2. The lowest BCUT2D eigenvalue weighted by Gasteiger charge is -2.13. The van der Waals surface area contributed by atoms with Crippen LogP contribution in [0.15, 0.2) is 27.4 Å². The molecule has 0 radical (unpaired) electrons. The molecule has 1 atom stereocenters. The normalized spacial score (nSPS) is 13.0. The van der Waals surface area contributed by atoms with Gasteiger partial charge in [-0.1, -0.05) is 13.8 Å². The summed E-state index contributed by atoms with van der Waals surface area (Å²) in [6, 6.07) is 5.53. The largest absolute Gasteiger partial charge is 0.423 e. The summed E-state index contributed by atoms with van der Waals surface area (Å²) in [5.41, 5.74) is 3.51. The van der Waals surface area contributed by atoms with Crippen LogP contribution in [0.25, 0.3) is 11.0 Å². The van der Waals surface area contributed by atoms with Gasteiger partial charge in [0, 0.05) is 23.0 Å². The predicted molar refractivity (Wildman–Crippen MR) is 90.6 cm³/mol. The molecule has 2 aromatic rings. The number of benzene rings is 1. The van der Waals surface area contributed by atoms with Gasteiger partial charge in [0.2, 0.25) is 0 Å². The summed E-state index contributed by atoms with van der Waals surface area (Å²) in [5.74, 6) is 1.42. The summed E-state index contributed by atoms with van der Waals surface area (Å²) >= 11 is 1.49. The first-order chi connectivity index (χ1) is 10.4. The van der Waals surface area contributed by atoms with Crippen molar-refractivity contribution < 1.29 is 14.6 Å². The molecule has 0 spiro atoms. The van der Waals surface area contributed by atoms with Crippen molar-refractivity contribution in [1.29, 1.82) is 0 Å². The van der Waals surface area contributed by atoms with E-state index in [0.717, 1.165) is 16.5 Å². The van der Waals surface area contributed by atoms with Crippen LogP contribution in [0.1, 0.15) is 36.5 Å². The molecule has 5 heteroatoms. The fourth-order valence-electron chi connectivity index (χ4n) is 2.49. The lowest BCUT2D eigenvalue weighted by Crippen LogP contribution is -2.14. The first-order valence-electron chi connectivity index (χ1n) is 7.36. The molecule has 0 aliphatic heterocycles. The molecule has 0 fully saturated rings. The second-order valence-electron chi connectivity index (χ2n) is 5.80. The zero-order chi connectivity index (χ0) is 16.3. The first kappa shape index (κ1) is 17.1. The third kappa shape index (κ3) is 3.91. The SMILES string of the molecule is Cc1cc2oc(=O)cc(CSC[C@@H](O)CO)c2cc1C(C)C. The molecule has 0 saturated carbocycles. The van der Waals surface area contributed by atoms with Crippen molar-refractivity contribution in [3.8, 4) is 0 Å². The summed E-state index contributed by atoms with van der Waals surface area (Å²) in [5, 5.41) is 19.2. The highest BCUT2D eigenvalue weighted by Crippen LogP contribution is 2.28. The molecular formula is C17H22O4S. The number of fused-ring (bicyclic) bond motifs is 1. The number of aryl methyl sites for hydroxylation is 1. The van der Waals surface area contributed by atoms with E-state index in [-0.39, 0.29) is 12.2 Å². The first-order valence-corrected chi connectivity index (χ1v) is 8.51. The minimum absolute atomic E-state index is 0.249. The molecule has 0 aliphatic carbocycles. The quantitative estimate of drug-likeness (QED) is 0.800. The van der Waals surface area contributed by atoms with E-state index in [1.54, 1.807) is 0 Å². The van der Waals surface area contributed by atoms with Gasteiger partial charge in [0.25, 0.3) is 0 Å². The van der Waals surface area contributed by atoms with E-state index in [1.807, 2.05) is 13.0 Å². The third-order valence-electron chi connectivity index (χ3n) is 3.62. The van der Waals surface area contributed by atoms with Crippen LogP contribution in [-0.2, 0) is 5.75 Å². The lowest BCUT2D eigenvalue weighted by molar-refractivity contribution is 0.113. The van der Waals surface area contributed by atoms with Crippen LogP contribution in [0.2, 0.25) is 0 Å². The Hall–Kier alpha value is -1.30. The Morgan fingerprint density at radius 1 is 1.27 bits per heavy atom. The smallest absolute Gasteiger partial charge is 0.336 e. The number of hydrogen-bond donors (Lipinski definition) is 2. The molecule has 22 heavy (non-hydrogen) atoms. The minimum Gasteiger partial charge on any atom is -0.423 e. The monoisotopic (exact) mass is 322 g/mol. The van der Waals surface area contributed by atoms with Crippen molar-refractivity contribution in [2.45, 2.75) is 38.5 Å². The Balaban J connectivity index is 2.39. The maximum Gasteiger partial charge on any atom is 0.336 e. The van der Waals surface area contributed by atoms with Gasteiger partial charge in [0.05, 0.1) is 12.7 Å². The van der Waals surface area contributed by atoms with Crippen LogP contribution in [0.5, 0.6) is 0 Å². The molecule has 2 N–H and O–H groups in total. The molecule has 4 nitrogen and oxygen atoms in total. The Morgan fingerprint density at radius 2 is 2.00 bits per heavy atom. The van der Waals surface area contributed by atoms with Crippen molar-refractivity contribution in [3.05, 3.63) is 45.3 Å². The van der Waals surface area contributed by atoms with E-state index in [0.29, 0.717) is 23.0 Å². The van der Waals surface area contributed by atoms with Crippen LogP contribution in [0.3, 0.4) is 0 Å². The van der Waals surface area contributed by atoms with Gasteiger partial charge < -0.3 is 14.6 Å². The fourth-order valence-corrected chi connectivity index (χ4v) is 3.44. The number of aliphatic hydroxyl groups excluding tert-OH is 2. The maximum absolute atomic E-state index is 11.7. The van der Waals surface area contributed by atoms with E-state index >= 15 is 0 Å². The highest BCUT2D eigenvalue weighted by atomic mass is 32.2. The topological polar surface area (TPSA) is 70.7 Å². The summed E-state index contributed by atoms with van der Waals surface area (Å²) in [4.78, 5) is 11.7. The molecule has 0 amide bonds. The Morgan fingerprint density at radius 3 is 2.64 bits per heavy atom.